The van der Waals surface area contributed by atoms with Crippen molar-refractivity contribution in [2.75, 3.05) is 19.8 Å². The van der Waals surface area contributed by atoms with Crippen LogP contribution < -0.4 is 0 Å². The van der Waals surface area contributed by atoms with E-state index in [9.17, 15) is 9.90 Å². The first-order valence-corrected chi connectivity index (χ1v) is 16.7. The van der Waals surface area contributed by atoms with Crippen LogP contribution in [0.4, 0.5) is 0 Å². The molecule has 0 aromatic rings. The number of hydrogen-bond donors (Lipinski definition) is 1. The molecular weight excluding hydrogens is 520 g/mol. The van der Waals surface area contributed by atoms with Crippen LogP contribution in [-0.4, -0.2) is 37.0 Å². The molecule has 0 radical (unpaired) electrons. The zero-order valence-electron chi connectivity index (χ0n) is 27.0. The van der Waals surface area contributed by atoms with Crippen molar-refractivity contribution < 1.29 is 19.4 Å². The lowest BCUT2D eigenvalue weighted by Crippen LogP contribution is -2.27. The number of rotatable bonds is 29. The second-order valence-corrected chi connectivity index (χ2v) is 10.5. The molecule has 0 rings (SSSR count). The molecule has 4 heteroatoms. The molecule has 1 atom stereocenters. The van der Waals surface area contributed by atoms with E-state index in [-0.39, 0.29) is 19.2 Å². The smallest absolute Gasteiger partial charge is 0.306 e. The highest BCUT2D eigenvalue weighted by atomic mass is 16.6. The summed E-state index contributed by atoms with van der Waals surface area (Å²) in [7, 11) is 0. The molecule has 0 aromatic carbocycles. The van der Waals surface area contributed by atoms with E-state index in [1.165, 1.54) is 38.5 Å². The van der Waals surface area contributed by atoms with Gasteiger partial charge >= 0.3 is 5.97 Å². The predicted octanol–water partition coefficient (Wildman–Crippen LogP) is 10.5. The van der Waals surface area contributed by atoms with Crippen LogP contribution in [0.3, 0.4) is 0 Å². The molecule has 42 heavy (non-hydrogen) atoms. The van der Waals surface area contributed by atoms with E-state index in [0.717, 1.165) is 64.2 Å². The van der Waals surface area contributed by atoms with Gasteiger partial charge in [-0.15, -0.1) is 0 Å². The third-order valence-electron chi connectivity index (χ3n) is 6.48. The summed E-state index contributed by atoms with van der Waals surface area (Å²) in [6, 6.07) is 0. The van der Waals surface area contributed by atoms with Crippen molar-refractivity contribution in [2.45, 2.75) is 129 Å². The largest absolute Gasteiger partial charge is 0.457 e. The Bertz CT molecular complexity index is 785. The number of hydrogen-bond acceptors (Lipinski definition) is 4. The lowest BCUT2D eigenvalue weighted by atomic mass is 10.1. The van der Waals surface area contributed by atoms with Gasteiger partial charge in [0.1, 0.15) is 6.10 Å². The van der Waals surface area contributed by atoms with E-state index in [1.807, 2.05) is 0 Å². The Hall–Kier alpha value is -2.43. The molecule has 0 fully saturated rings. The zero-order valence-corrected chi connectivity index (χ0v) is 27.0. The number of unbranched alkanes of at least 4 members (excludes halogenated alkanes) is 7. The second kappa shape index (κ2) is 34.8. The first kappa shape index (κ1) is 39.6. The van der Waals surface area contributed by atoms with E-state index in [1.54, 1.807) is 0 Å². The lowest BCUT2D eigenvalue weighted by Gasteiger charge is -2.15. The Morgan fingerprint density at radius 2 is 1.05 bits per heavy atom. The maximum atomic E-state index is 12.0. The molecule has 1 N–H and O–H groups in total. The van der Waals surface area contributed by atoms with E-state index >= 15 is 0 Å². The fraction of sp³-hybridized carbons (Fsp3) is 0.605. The summed E-state index contributed by atoms with van der Waals surface area (Å²) in [4.78, 5) is 12.0. The predicted molar refractivity (Wildman–Crippen MR) is 182 cm³/mol. The topological polar surface area (TPSA) is 55.8 Å². The first-order valence-electron chi connectivity index (χ1n) is 16.7. The number of carbonyl (C=O) groups excluding carboxylic acids is 1. The molecule has 0 bridgehead atoms. The standard InChI is InChI=1S/C38H62O4/c1-3-5-7-9-11-12-13-14-15-16-17-18-19-20-21-22-23-24-25-26-27-29-31-33-38(40)42-37(35-39)36-41-34-32-30-28-10-8-6-4-2/h5,7,11-12,14-15,17-18,20-21,23-24,26-27,37,39H,3-4,6,8-10,13,16,19,22,25,28-36H2,1-2H3/b7-5-,12-11-,15-14-,18-17-,21-20-,24-23-,27-26-. The van der Waals surface area contributed by atoms with Gasteiger partial charge in [-0.25, -0.2) is 0 Å². The molecule has 0 saturated heterocycles. The molecule has 0 spiro atoms. The van der Waals surface area contributed by atoms with Gasteiger partial charge < -0.3 is 14.6 Å². The van der Waals surface area contributed by atoms with Crippen LogP contribution in [0, 0.1) is 0 Å². The number of aliphatic hydroxyl groups excluding tert-OH is 1. The molecule has 0 amide bonds. The molecule has 0 aliphatic rings. The van der Waals surface area contributed by atoms with Crippen molar-refractivity contribution in [2.24, 2.45) is 0 Å². The summed E-state index contributed by atoms with van der Waals surface area (Å²) in [5.41, 5.74) is 0. The average molecular weight is 583 g/mol. The number of ether oxygens (including phenoxy) is 2. The number of aliphatic hydroxyl groups is 1. The van der Waals surface area contributed by atoms with Crippen molar-refractivity contribution in [3.8, 4) is 0 Å². The Labute approximate surface area is 259 Å². The van der Waals surface area contributed by atoms with Crippen molar-refractivity contribution in [1.82, 2.24) is 0 Å². The summed E-state index contributed by atoms with van der Waals surface area (Å²) in [6.07, 6.45) is 47.7. The van der Waals surface area contributed by atoms with Gasteiger partial charge in [-0.1, -0.05) is 137 Å². The van der Waals surface area contributed by atoms with Gasteiger partial charge in [-0.2, -0.15) is 0 Å². The summed E-state index contributed by atoms with van der Waals surface area (Å²) in [5, 5.41) is 9.47. The third kappa shape index (κ3) is 32.1. The molecule has 0 aromatic heterocycles. The van der Waals surface area contributed by atoms with Crippen LogP contribution in [0.1, 0.15) is 123 Å². The maximum Gasteiger partial charge on any atom is 0.306 e. The van der Waals surface area contributed by atoms with Crippen molar-refractivity contribution in [1.29, 1.82) is 0 Å². The van der Waals surface area contributed by atoms with Gasteiger partial charge in [0.15, 0.2) is 0 Å². The van der Waals surface area contributed by atoms with Crippen molar-refractivity contribution in [3.05, 3.63) is 85.1 Å². The minimum Gasteiger partial charge on any atom is -0.457 e. The SMILES string of the molecule is CC/C=C\C/C=C\C/C=C\C/C=C\C/C=C\C/C=C\C/C=C\CCCC(=O)OC(CO)COCCCCCCCCC. The maximum absolute atomic E-state index is 12.0. The average Bonchev–Trinajstić information content (AvgIpc) is 3.00. The molecule has 0 aliphatic heterocycles. The minimum absolute atomic E-state index is 0.200. The Balaban J connectivity index is 3.68. The molecule has 238 valence electrons. The van der Waals surface area contributed by atoms with E-state index in [4.69, 9.17) is 9.47 Å². The second-order valence-electron chi connectivity index (χ2n) is 10.5. The van der Waals surface area contributed by atoms with Gasteiger partial charge in [-0.05, 0) is 64.2 Å². The van der Waals surface area contributed by atoms with Crippen LogP contribution >= 0.6 is 0 Å². The normalized spacial score (nSPS) is 13.5. The van der Waals surface area contributed by atoms with Gasteiger partial charge in [0, 0.05) is 13.0 Å². The van der Waals surface area contributed by atoms with Gasteiger partial charge in [0.25, 0.3) is 0 Å². The fourth-order valence-corrected chi connectivity index (χ4v) is 4.02. The highest BCUT2D eigenvalue weighted by molar-refractivity contribution is 5.69. The highest BCUT2D eigenvalue weighted by Crippen LogP contribution is 2.08. The first-order chi connectivity index (χ1) is 20.7. The summed E-state index contributed by atoms with van der Waals surface area (Å²) in [5.74, 6) is -0.265. The quantitative estimate of drug-likeness (QED) is 0.0541. The number of allylic oxidation sites excluding steroid dienone is 14. The van der Waals surface area contributed by atoms with Crippen molar-refractivity contribution in [3.63, 3.8) is 0 Å². The van der Waals surface area contributed by atoms with Gasteiger partial charge in [0.05, 0.1) is 13.2 Å². The molecular formula is C38H62O4. The summed E-state index contributed by atoms with van der Waals surface area (Å²) >= 11 is 0. The van der Waals surface area contributed by atoms with Crippen LogP contribution in [0.5, 0.6) is 0 Å². The Kier molecular flexibility index (Phi) is 32.8. The van der Waals surface area contributed by atoms with Gasteiger partial charge in [-0.3, -0.25) is 4.79 Å². The minimum atomic E-state index is -0.564. The zero-order chi connectivity index (χ0) is 30.6. The fourth-order valence-electron chi connectivity index (χ4n) is 4.02. The van der Waals surface area contributed by atoms with Crippen LogP contribution in [0.25, 0.3) is 0 Å². The summed E-state index contributed by atoms with van der Waals surface area (Å²) in [6.45, 7) is 5.11. The molecule has 0 heterocycles. The third-order valence-corrected chi connectivity index (χ3v) is 6.48. The van der Waals surface area contributed by atoms with Gasteiger partial charge in [0.2, 0.25) is 0 Å². The lowest BCUT2D eigenvalue weighted by molar-refractivity contribution is -0.154. The van der Waals surface area contributed by atoms with E-state index in [2.05, 4.69) is 98.9 Å². The Morgan fingerprint density at radius 1 is 0.595 bits per heavy atom. The monoisotopic (exact) mass is 582 g/mol. The summed E-state index contributed by atoms with van der Waals surface area (Å²) < 4.78 is 11.0. The molecule has 0 saturated carbocycles. The van der Waals surface area contributed by atoms with Crippen LogP contribution in [0.2, 0.25) is 0 Å². The van der Waals surface area contributed by atoms with Crippen LogP contribution in [-0.2, 0) is 14.3 Å². The van der Waals surface area contributed by atoms with Crippen molar-refractivity contribution >= 4 is 5.97 Å². The Morgan fingerprint density at radius 3 is 1.52 bits per heavy atom. The van der Waals surface area contributed by atoms with E-state index < -0.39 is 6.10 Å². The van der Waals surface area contributed by atoms with Crippen LogP contribution in [0.15, 0.2) is 85.1 Å². The molecule has 1 unspecified atom stereocenters. The number of carbonyl (C=O) groups is 1. The number of esters is 1. The highest BCUT2D eigenvalue weighted by Gasteiger charge is 2.13. The molecule has 4 nitrogen and oxygen atoms in total. The molecule has 0 aliphatic carbocycles. The van der Waals surface area contributed by atoms with E-state index in [0.29, 0.717) is 13.0 Å².